The molecule has 6 nitrogen and oxygen atoms in total. The molecule has 0 saturated carbocycles. The lowest BCUT2D eigenvalue weighted by atomic mass is 10.2. The highest BCUT2D eigenvalue weighted by Crippen LogP contribution is 2.11. The van der Waals surface area contributed by atoms with Gasteiger partial charge in [0.05, 0.1) is 12.6 Å². The number of guanidine groups is 1. The van der Waals surface area contributed by atoms with Gasteiger partial charge in [0.2, 0.25) is 5.91 Å². The molecule has 1 aliphatic heterocycles. The third-order valence-electron chi connectivity index (χ3n) is 3.80. The predicted octanol–water partition coefficient (Wildman–Crippen LogP) is 1.43. The number of hydrogen-bond acceptors (Lipinski definition) is 3. The van der Waals surface area contributed by atoms with Crippen molar-refractivity contribution in [1.82, 2.24) is 16.0 Å². The fourth-order valence-corrected chi connectivity index (χ4v) is 2.50. The molecule has 1 saturated heterocycles. The Hall–Kier alpha value is -2.08. The fraction of sp³-hybridized carbons (Fsp3) is 0.556. The van der Waals surface area contributed by atoms with E-state index < -0.39 is 0 Å². The molecule has 1 fully saturated rings. The number of rotatable bonds is 8. The van der Waals surface area contributed by atoms with Crippen molar-refractivity contribution in [2.75, 3.05) is 26.2 Å². The Labute approximate surface area is 144 Å². The van der Waals surface area contributed by atoms with Crippen LogP contribution in [0.3, 0.4) is 0 Å². The number of nitrogens with one attached hydrogen (secondary N) is 3. The lowest BCUT2D eigenvalue weighted by molar-refractivity contribution is -0.121. The molecule has 3 N–H and O–H groups in total. The molecule has 1 aromatic rings. The number of amides is 1. The van der Waals surface area contributed by atoms with E-state index in [0.29, 0.717) is 26.1 Å². The molecule has 0 radical (unpaired) electrons. The van der Waals surface area contributed by atoms with Crippen LogP contribution in [0.15, 0.2) is 35.3 Å². The van der Waals surface area contributed by atoms with Crippen LogP contribution in [-0.4, -0.2) is 44.2 Å². The Balaban J connectivity index is 1.65. The van der Waals surface area contributed by atoms with Crippen molar-refractivity contribution in [2.45, 2.75) is 38.8 Å². The van der Waals surface area contributed by atoms with E-state index in [2.05, 4.69) is 20.9 Å². The van der Waals surface area contributed by atoms with Crippen molar-refractivity contribution in [3.8, 4) is 0 Å². The van der Waals surface area contributed by atoms with Crippen LogP contribution in [-0.2, 0) is 16.1 Å². The molecule has 2 rings (SSSR count). The molecule has 0 aliphatic carbocycles. The van der Waals surface area contributed by atoms with E-state index in [9.17, 15) is 4.79 Å². The number of hydrogen-bond donors (Lipinski definition) is 3. The Morgan fingerprint density at radius 3 is 2.79 bits per heavy atom. The monoisotopic (exact) mass is 332 g/mol. The van der Waals surface area contributed by atoms with Crippen LogP contribution in [0.4, 0.5) is 0 Å². The molecule has 1 aliphatic rings. The van der Waals surface area contributed by atoms with Crippen LogP contribution in [0.25, 0.3) is 0 Å². The summed E-state index contributed by atoms with van der Waals surface area (Å²) in [6.45, 7) is 5.43. The van der Waals surface area contributed by atoms with Gasteiger partial charge in [-0.2, -0.15) is 0 Å². The van der Waals surface area contributed by atoms with Gasteiger partial charge < -0.3 is 20.7 Å². The first-order valence-corrected chi connectivity index (χ1v) is 8.72. The highest BCUT2D eigenvalue weighted by atomic mass is 16.5. The summed E-state index contributed by atoms with van der Waals surface area (Å²) >= 11 is 0. The van der Waals surface area contributed by atoms with E-state index in [1.54, 1.807) is 0 Å². The Kier molecular flexibility index (Phi) is 8.10. The third-order valence-corrected chi connectivity index (χ3v) is 3.80. The minimum absolute atomic E-state index is 0.0290. The van der Waals surface area contributed by atoms with Crippen molar-refractivity contribution in [3.63, 3.8) is 0 Å². The van der Waals surface area contributed by atoms with Gasteiger partial charge in [0.15, 0.2) is 5.96 Å². The van der Waals surface area contributed by atoms with Crippen LogP contribution in [0.1, 0.15) is 31.7 Å². The van der Waals surface area contributed by atoms with E-state index in [0.717, 1.165) is 37.5 Å². The number of carbonyl (C=O) groups is 1. The largest absolute Gasteiger partial charge is 0.376 e. The van der Waals surface area contributed by atoms with E-state index in [1.807, 2.05) is 37.3 Å². The lowest BCUT2D eigenvalue weighted by Gasteiger charge is -2.13. The van der Waals surface area contributed by atoms with Gasteiger partial charge >= 0.3 is 0 Å². The summed E-state index contributed by atoms with van der Waals surface area (Å²) in [5.41, 5.74) is 1.10. The highest BCUT2D eigenvalue weighted by Gasteiger charge is 2.14. The van der Waals surface area contributed by atoms with Gasteiger partial charge in [-0.05, 0) is 25.3 Å². The molecule has 24 heavy (non-hydrogen) atoms. The standard InChI is InChI=1S/C18H28N4O2/c1-2-19-18(22-14-16-9-6-12-24-16)20-11-10-17(23)21-13-15-7-4-3-5-8-15/h3-5,7-8,16H,2,6,9-14H2,1H3,(H,21,23)(H2,19,20,22). The summed E-state index contributed by atoms with van der Waals surface area (Å²) in [6.07, 6.45) is 2.84. The molecule has 132 valence electrons. The van der Waals surface area contributed by atoms with Crippen molar-refractivity contribution in [1.29, 1.82) is 0 Å². The molecular formula is C18H28N4O2. The molecule has 0 spiro atoms. The van der Waals surface area contributed by atoms with Crippen LogP contribution in [0.2, 0.25) is 0 Å². The van der Waals surface area contributed by atoms with Crippen molar-refractivity contribution in [3.05, 3.63) is 35.9 Å². The maximum absolute atomic E-state index is 11.9. The van der Waals surface area contributed by atoms with Crippen LogP contribution >= 0.6 is 0 Å². The second-order valence-electron chi connectivity index (χ2n) is 5.79. The molecule has 1 aromatic carbocycles. The van der Waals surface area contributed by atoms with Crippen molar-refractivity contribution in [2.24, 2.45) is 4.99 Å². The number of aliphatic imine (C=N–C) groups is 1. The SMILES string of the molecule is CCNC(=NCC1CCCO1)NCCC(=O)NCc1ccccc1. The first-order valence-electron chi connectivity index (χ1n) is 8.72. The second kappa shape index (κ2) is 10.6. The van der Waals surface area contributed by atoms with Crippen LogP contribution < -0.4 is 16.0 Å². The average Bonchev–Trinajstić information content (AvgIpc) is 3.12. The predicted molar refractivity (Wildman–Crippen MR) is 95.9 cm³/mol. The van der Waals surface area contributed by atoms with Gasteiger partial charge in [0, 0.05) is 32.7 Å². The molecule has 1 atom stereocenters. The Morgan fingerprint density at radius 2 is 2.08 bits per heavy atom. The van der Waals surface area contributed by atoms with E-state index in [4.69, 9.17) is 4.74 Å². The Morgan fingerprint density at radius 1 is 1.25 bits per heavy atom. The first-order chi connectivity index (χ1) is 11.8. The summed E-state index contributed by atoms with van der Waals surface area (Å²) < 4.78 is 5.57. The summed E-state index contributed by atoms with van der Waals surface area (Å²) in [4.78, 5) is 16.4. The number of carbonyl (C=O) groups excluding carboxylic acids is 1. The van der Waals surface area contributed by atoms with E-state index in [1.165, 1.54) is 0 Å². The Bertz CT molecular complexity index is 513. The molecule has 0 bridgehead atoms. The van der Waals surface area contributed by atoms with Gasteiger partial charge in [0.1, 0.15) is 0 Å². The molecule has 1 heterocycles. The van der Waals surface area contributed by atoms with Gasteiger partial charge in [-0.25, -0.2) is 0 Å². The summed E-state index contributed by atoms with van der Waals surface area (Å²) in [6, 6.07) is 9.90. The molecule has 1 amide bonds. The summed E-state index contributed by atoms with van der Waals surface area (Å²) in [5, 5.41) is 9.31. The highest BCUT2D eigenvalue weighted by molar-refractivity contribution is 5.81. The molecule has 0 aromatic heterocycles. The zero-order chi connectivity index (χ0) is 17.0. The molecule has 1 unspecified atom stereocenters. The maximum Gasteiger partial charge on any atom is 0.222 e. The van der Waals surface area contributed by atoms with Gasteiger partial charge in [-0.15, -0.1) is 0 Å². The molecule has 6 heteroatoms. The van der Waals surface area contributed by atoms with E-state index in [-0.39, 0.29) is 12.0 Å². The quantitative estimate of drug-likeness (QED) is 0.497. The second-order valence-corrected chi connectivity index (χ2v) is 5.79. The average molecular weight is 332 g/mol. The maximum atomic E-state index is 11.9. The minimum Gasteiger partial charge on any atom is -0.376 e. The minimum atomic E-state index is 0.0290. The van der Waals surface area contributed by atoms with Gasteiger partial charge in [-0.3, -0.25) is 9.79 Å². The molecular weight excluding hydrogens is 304 g/mol. The zero-order valence-electron chi connectivity index (χ0n) is 14.4. The first kappa shape index (κ1) is 18.3. The smallest absolute Gasteiger partial charge is 0.222 e. The lowest BCUT2D eigenvalue weighted by Crippen LogP contribution is -2.39. The van der Waals surface area contributed by atoms with Crippen LogP contribution in [0, 0.1) is 0 Å². The zero-order valence-corrected chi connectivity index (χ0v) is 14.4. The van der Waals surface area contributed by atoms with Crippen molar-refractivity contribution < 1.29 is 9.53 Å². The third kappa shape index (κ3) is 7.00. The summed E-state index contributed by atoms with van der Waals surface area (Å²) in [7, 11) is 0. The van der Waals surface area contributed by atoms with E-state index >= 15 is 0 Å². The number of benzene rings is 1. The van der Waals surface area contributed by atoms with Gasteiger partial charge in [0.25, 0.3) is 0 Å². The van der Waals surface area contributed by atoms with Crippen molar-refractivity contribution >= 4 is 11.9 Å². The fourth-order valence-electron chi connectivity index (χ4n) is 2.50. The van der Waals surface area contributed by atoms with Crippen LogP contribution in [0.5, 0.6) is 0 Å². The number of nitrogens with zero attached hydrogens (tertiary/aromatic N) is 1. The van der Waals surface area contributed by atoms with Gasteiger partial charge in [-0.1, -0.05) is 30.3 Å². The normalized spacial score (nSPS) is 17.5. The summed E-state index contributed by atoms with van der Waals surface area (Å²) in [5.74, 6) is 0.769. The number of ether oxygens (including phenoxy) is 1. The topological polar surface area (TPSA) is 74.8 Å².